The van der Waals surface area contributed by atoms with Crippen LogP contribution in [0.5, 0.6) is 0 Å². The van der Waals surface area contributed by atoms with Crippen LogP contribution in [0.4, 0.5) is 0 Å². The Labute approximate surface area is 170 Å². The molecule has 6 nitrogen and oxygen atoms in total. The van der Waals surface area contributed by atoms with E-state index in [4.69, 9.17) is 16.6 Å². The topological polar surface area (TPSA) is 76.5 Å². The van der Waals surface area contributed by atoms with E-state index in [9.17, 15) is 4.79 Å². The summed E-state index contributed by atoms with van der Waals surface area (Å²) in [4.78, 5) is 24.7. The second-order valence-electron chi connectivity index (χ2n) is 6.93. The largest absolute Gasteiger partial charge is 0.346 e. The lowest BCUT2D eigenvalue weighted by Gasteiger charge is -2.14. The molecule has 0 aliphatic carbocycles. The molecular weight excluding hydrogens is 386 g/mol. The maximum Gasteiger partial charge on any atom is 0.191 e. The Hall–Kier alpha value is -3.51. The number of nitrogens with one attached hydrogen (secondary N) is 1. The third-order valence-electron chi connectivity index (χ3n) is 5.10. The molecule has 7 heteroatoms. The van der Waals surface area contributed by atoms with Crippen LogP contribution in [-0.2, 0) is 7.05 Å². The Kier molecular flexibility index (Phi) is 3.96. The maximum atomic E-state index is 12.5. The fourth-order valence-corrected chi connectivity index (χ4v) is 3.93. The minimum Gasteiger partial charge on any atom is -0.346 e. The second kappa shape index (κ2) is 6.53. The van der Waals surface area contributed by atoms with Crippen molar-refractivity contribution >= 4 is 33.5 Å². The Morgan fingerprint density at radius 2 is 1.97 bits per heavy atom. The van der Waals surface area contributed by atoms with Gasteiger partial charge in [0.15, 0.2) is 5.43 Å². The summed E-state index contributed by atoms with van der Waals surface area (Å²) >= 11 is 6.57. The van der Waals surface area contributed by atoms with E-state index in [1.807, 2.05) is 50.5 Å². The minimum absolute atomic E-state index is 0.0914. The molecule has 5 rings (SSSR count). The summed E-state index contributed by atoms with van der Waals surface area (Å²) in [5, 5.41) is 6.56. The minimum atomic E-state index is -0.0914. The van der Waals surface area contributed by atoms with Gasteiger partial charge in [-0.1, -0.05) is 17.7 Å². The average molecular weight is 402 g/mol. The molecule has 0 radical (unpaired) electrons. The molecule has 0 spiro atoms. The molecule has 0 fully saturated rings. The fraction of sp³-hybridized carbons (Fsp3) is 0.0909. The van der Waals surface area contributed by atoms with Crippen molar-refractivity contribution in [3.63, 3.8) is 0 Å². The van der Waals surface area contributed by atoms with Crippen molar-refractivity contribution in [2.45, 2.75) is 6.92 Å². The molecular formula is C22H16ClN5O. The molecule has 142 valence electrons. The summed E-state index contributed by atoms with van der Waals surface area (Å²) in [6.45, 7) is 2.03. The van der Waals surface area contributed by atoms with Crippen LogP contribution < -0.4 is 5.43 Å². The van der Waals surface area contributed by atoms with Crippen molar-refractivity contribution in [1.29, 1.82) is 0 Å². The first kappa shape index (κ1) is 17.6. The van der Waals surface area contributed by atoms with Crippen LogP contribution in [0.1, 0.15) is 5.56 Å². The molecule has 1 aromatic carbocycles. The zero-order valence-corrected chi connectivity index (χ0v) is 16.5. The van der Waals surface area contributed by atoms with Gasteiger partial charge < -0.3 is 4.98 Å². The highest BCUT2D eigenvalue weighted by atomic mass is 35.5. The first-order chi connectivity index (χ1) is 14.0. The summed E-state index contributed by atoms with van der Waals surface area (Å²) < 4.78 is 1.73. The molecule has 0 bridgehead atoms. The van der Waals surface area contributed by atoms with Gasteiger partial charge in [0.05, 0.1) is 15.9 Å². The third kappa shape index (κ3) is 2.80. The first-order valence-corrected chi connectivity index (χ1v) is 9.47. The highest BCUT2D eigenvalue weighted by Gasteiger charge is 2.18. The van der Waals surface area contributed by atoms with Crippen LogP contribution in [0.25, 0.3) is 44.5 Å². The zero-order valence-electron chi connectivity index (χ0n) is 15.8. The third-order valence-corrected chi connectivity index (χ3v) is 5.39. The van der Waals surface area contributed by atoms with Gasteiger partial charge in [-0.3, -0.25) is 14.5 Å². The molecule has 4 aromatic heterocycles. The first-order valence-electron chi connectivity index (χ1n) is 9.09. The number of pyridine rings is 3. The molecule has 4 heterocycles. The van der Waals surface area contributed by atoms with Gasteiger partial charge >= 0.3 is 0 Å². The van der Waals surface area contributed by atoms with Crippen LogP contribution >= 0.6 is 11.6 Å². The van der Waals surface area contributed by atoms with Gasteiger partial charge in [-0.2, -0.15) is 5.10 Å². The molecule has 0 saturated carbocycles. The van der Waals surface area contributed by atoms with Crippen molar-refractivity contribution in [3.8, 4) is 22.5 Å². The van der Waals surface area contributed by atoms with Crippen molar-refractivity contribution in [1.82, 2.24) is 24.7 Å². The molecule has 1 N–H and O–H groups in total. The van der Waals surface area contributed by atoms with Crippen LogP contribution in [0, 0.1) is 6.92 Å². The van der Waals surface area contributed by atoms with Crippen LogP contribution in [0.3, 0.4) is 0 Å². The lowest BCUT2D eigenvalue weighted by Crippen LogP contribution is -2.04. The normalized spacial score (nSPS) is 11.4. The molecule has 0 unspecified atom stereocenters. The number of aryl methyl sites for hydroxylation is 2. The quantitative estimate of drug-likeness (QED) is 0.472. The zero-order chi connectivity index (χ0) is 20.1. The fourth-order valence-electron chi connectivity index (χ4n) is 3.67. The molecule has 0 amide bonds. The summed E-state index contributed by atoms with van der Waals surface area (Å²) in [6, 6.07) is 11.0. The Morgan fingerprint density at radius 3 is 2.76 bits per heavy atom. The van der Waals surface area contributed by atoms with E-state index in [1.165, 1.54) is 6.07 Å². The molecule has 0 atom stereocenters. The monoisotopic (exact) mass is 401 g/mol. The lowest BCUT2D eigenvalue weighted by molar-refractivity contribution is 0.770. The van der Waals surface area contributed by atoms with Crippen molar-refractivity contribution in [3.05, 3.63) is 75.8 Å². The number of aromatic amines is 1. The number of fused-ring (bicyclic) bond motifs is 2. The van der Waals surface area contributed by atoms with Crippen LogP contribution in [0.2, 0.25) is 5.02 Å². The molecule has 5 aromatic rings. The second-order valence-corrected chi connectivity index (χ2v) is 7.33. The number of halogens is 1. The summed E-state index contributed by atoms with van der Waals surface area (Å²) in [6.07, 6.45) is 5.19. The van der Waals surface area contributed by atoms with Gasteiger partial charge in [0.2, 0.25) is 0 Å². The number of rotatable bonds is 2. The summed E-state index contributed by atoms with van der Waals surface area (Å²) in [7, 11) is 1.86. The Balaban J connectivity index is 1.91. The van der Waals surface area contributed by atoms with Gasteiger partial charge in [0, 0.05) is 42.7 Å². The SMILES string of the molecule is Cc1c(-c2cc3c(=O)cc[nH]c3nc2-c2ccn(C)n2)cc(Cl)c2ncccc12. The summed E-state index contributed by atoms with van der Waals surface area (Å²) in [5.74, 6) is 0. The van der Waals surface area contributed by atoms with E-state index in [2.05, 4.69) is 15.1 Å². The van der Waals surface area contributed by atoms with E-state index >= 15 is 0 Å². The molecule has 0 saturated heterocycles. The number of aromatic nitrogens is 5. The smallest absolute Gasteiger partial charge is 0.191 e. The van der Waals surface area contributed by atoms with E-state index in [0.29, 0.717) is 21.7 Å². The van der Waals surface area contributed by atoms with Gasteiger partial charge in [-0.15, -0.1) is 0 Å². The van der Waals surface area contributed by atoms with E-state index in [0.717, 1.165) is 33.3 Å². The van der Waals surface area contributed by atoms with Gasteiger partial charge in [0.25, 0.3) is 0 Å². The highest BCUT2D eigenvalue weighted by molar-refractivity contribution is 6.35. The molecule has 0 aliphatic heterocycles. The van der Waals surface area contributed by atoms with E-state index in [1.54, 1.807) is 17.1 Å². The van der Waals surface area contributed by atoms with Gasteiger partial charge in [-0.25, -0.2) is 4.98 Å². The standard InChI is InChI=1S/C22H16ClN5O/c1-12-13-4-3-7-24-20(13)17(23)11-14(12)15-10-16-19(29)5-8-25-22(16)26-21(15)18-6-9-28(2)27-18/h3-11H,1-2H3,(H,25,26,29). The Bertz CT molecular complexity index is 1470. The van der Waals surface area contributed by atoms with Crippen LogP contribution in [-0.4, -0.2) is 24.7 Å². The maximum absolute atomic E-state index is 12.5. The predicted molar refractivity (Wildman–Crippen MR) is 115 cm³/mol. The summed E-state index contributed by atoms with van der Waals surface area (Å²) in [5.41, 5.74) is 5.30. The van der Waals surface area contributed by atoms with Crippen molar-refractivity contribution < 1.29 is 0 Å². The number of nitrogens with zero attached hydrogens (tertiary/aromatic N) is 4. The number of hydrogen-bond donors (Lipinski definition) is 1. The number of hydrogen-bond acceptors (Lipinski definition) is 4. The van der Waals surface area contributed by atoms with Gasteiger partial charge in [0.1, 0.15) is 17.0 Å². The number of benzene rings is 1. The van der Waals surface area contributed by atoms with Crippen molar-refractivity contribution in [2.24, 2.45) is 7.05 Å². The average Bonchev–Trinajstić information content (AvgIpc) is 3.16. The highest BCUT2D eigenvalue weighted by Crippen LogP contribution is 2.38. The van der Waals surface area contributed by atoms with Gasteiger partial charge in [-0.05, 0) is 42.3 Å². The Morgan fingerprint density at radius 1 is 1.10 bits per heavy atom. The van der Waals surface area contributed by atoms with E-state index in [-0.39, 0.29) is 5.43 Å². The molecule has 0 aliphatic rings. The lowest BCUT2D eigenvalue weighted by atomic mass is 9.94. The molecule has 29 heavy (non-hydrogen) atoms. The number of H-pyrrole nitrogens is 1. The van der Waals surface area contributed by atoms with Crippen molar-refractivity contribution in [2.75, 3.05) is 0 Å². The van der Waals surface area contributed by atoms with E-state index < -0.39 is 0 Å². The predicted octanol–water partition coefficient (Wildman–Crippen LogP) is 4.50. The van der Waals surface area contributed by atoms with Crippen LogP contribution in [0.15, 0.2) is 59.8 Å².